The smallest absolute Gasteiger partial charge is 0.204 e. The lowest BCUT2D eigenvalue weighted by Gasteiger charge is -2.34. The highest BCUT2D eigenvalue weighted by molar-refractivity contribution is 5.65. The van der Waals surface area contributed by atoms with Crippen LogP contribution in [0.15, 0.2) is 30.7 Å². The molecule has 0 radical (unpaired) electrons. The molecule has 8 nitrogen and oxygen atoms in total. The van der Waals surface area contributed by atoms with Crippen molar-refractivity contribution in [3.8, 4) is 17.0 Å². The number of nitrogens with one attached hydrogen (secondary N) is 1. The molecule has 1 N–H and O–H groups in total. The lowest BCUT2D eigenvalue weighted by Crippen LogP contribution is -2.35. The summed E-state index contributed by atoms with van der Waals surface area (Å²) in [5.41, 5.74) is 2.54. The highest BCUT2D eigenvalue weighted by atomic mass is 19.1. The summed E-state index contributed by atoms with van der Waals surface area (Å²) in [5, 5.41) is 3.14. The molecule has 0 bridgehead atoms. The fourth-order valence-corrected chi connectivity index (χ4v) is 5.60. The highest BCUT2D eigenvalue weighted by Crippen LogP contribution is 2.37. The standard InChI is InChI=1S/C29H40FN7O/c1-20(2)38-26-27(31-4)32-19-33-29(26)36-13-9-22(10-14-36)28-34-25(23-7-8-24(30)21(3)17-23)18-37(28)16-15-35-11-5-6-12-35/h7-8,17-20,22H,5-6,9-16H2,1-4H3,(H,31,32,33). The Bertz CT molecular complexity index is 1230. The first-order valence-electron chi connectivity index (χ1n) is 13.9. The van der Waals surface area contributed by atoms with Crippen LogP contribution >= 0.6 is 0 Å². The van der Waals surface area contributed by atoms with Gasteiger partial charge in [-0.2, -0.15) is 0 Å². The van der Waals surface area contributed by atoms with Gasteiger partial charge in [0, 0.05) is 50.9 Å². The van der Waals surface area contributed by atoms with E-state index in [1.807, 2.05) is 40.0 Å². The Morgan fingerprint density at radius 3 is 2.53 bits per heavy atom. The second-order valence-electron chi connectivity index (χ2n) is 10.7. The molecule has 204 valence electrons. The van der Waals surface area contributed by atoms with Crippen LogP contribution in [0.5, 0.6) is 5.75 Å². The van der Waals surface area contributed by atoms with Crippen molar-refractivity contribution in [2.75, 3.05) is 50.0 Å². The number of likely N-dealkylation sites (tertiary alicyclic amines) is 1. The third kappa shape index (κ3) is 5.77. The summed E-state index contributed by atoms with van der Waals surface area (Å²) in [4.78, 5) is 19.0. The molecule has 2 aromatic heterocycles. The van der Waals surface area contributed by atoms with Crippen molar-refractivity contribution < 1.29 is 9.13 Å². The minimum Gasteiger partial charge on any atom is -0.484 e. The van der Waals surface area contributed by atoms with E-state index in [0.29, 0.717) is 23.0 Å². The molecule has 38 heavy (non-hydrogen) atoms. The Labute approximate surface area is 225 Å². The van der Waals surface area contributed by atoms with Crippen LogP contribution in [0.3, 0.4) is 0 Å². The molecule has 0 aliphatic carbocycles. The first-order chi connectivity index (χ1) is 18.4. The average molecular weight is 522 g/mol. The number of anilines is 2. The molecule has 0 unspecified atom stereocenters. The maximum Gasteiger partial charge on any atom is 0.204 e. The minimum atomic E-state index is -0.179. The van der Waals surface area contributed by atoms with Gasteiger partial charge in [0.2, 0.25) is 5.75 Å². The topological polar surface area (TPSA) is 71.3 Å². The molecule has 2 aliphatic rings. The Balaban J connectivity index is 1.37. The van der Waals surface area contributed by atoms with Crippen molar-refractivity contribution in [2.24, 2.45) is 0 Å². The van der Waals surface area contributed by atoms with Gasteiger partial charge in [0.15, 0.2) is 11.6 Å². The number of imidazole rings is 1. The van der Waals surface area contributed by atoms with Crippen LogP contribution in [0.1, 0.15) is 56.8 Å². The van der Waals surface area contributed by atoms with Gasteiger partial charge in [-0.05, 0) is 83.3 Å². The van der Waals surface area contributed by atoms with Crippen LogP contribution in [-0.4, -0.2) is 70.3 Å². The number of hydrogen-bond donors (Lipinski definition) is 1. The summed E-state index contributed by atoms with van der Waals surface area (Å²) in [7, 11) is 1.85. The molecule has 3 aromatic rings. The van der Waals surface area contributed by atoms with Crippen LogP contribution in [0.25, 0.3) is 11.3 Å². The summed E-state index contributed by atoms with van der Waals surface area (Å²) in [6.45, 7) is 11.9. The van der Waals surface area contributed by atoms with Gasteiger partial charge in [-0.25, -0.2) is 19.3 Å². The van der Waals surface area contributed by atoms with Gasteiger partial charge in [-0.3, -0.25) is 0 Å². The summed E-state index contributed by atoms with van der Waals surface area (Å²) < 4.78 is 22.4. The Hall–Kier alpha value is -3.20. The van der Waals surface area contributed by atoms with Gasteiger partial charge in [-0.15, -0.1) is 0 Å². The van der Waals surface area contributed by atoms with E-state index in [0.717, 1.165) is 61.9 Å². The van der Waals surface area contributed by atoms with E-state index in [4.69, 9.17) is 9.72 Å². The van der Waals surface area contributed by atoms with Crippen molar-refractivity contribution >= 4 is 11.6 Å². The molecule has 5 rings (SSSR count). The summed E-state index contributed by atoms with van der Waals surface area (Å²) in [6.07, 6.45) is 8.32. The molecule has 2 saturated heterocycles. The van der Waals surface area contributed by atoms with E-state index in [1.165, 1.54) is 25.9 Å². The van der Waals surface area contributed by atoms with E-state index < -0.39 is 0 Å². The maximum absolute atomic E-state index is 13.9. The number of nitrogens with zero attached hydrogens (tertiary/aromatic N) is 6. The number of benzene rings is 1. The van der Waals surface area contributed by atoms with Crippen molar-refractivity contribution in [2.45, 2.75) is 65.0 Å². The minimum absolute atomic E-state index is 0.0287. The molecule has 9 heteroatoms. The van der Waals surface area contributed by atoms with Gasteiger partial charge in [0.25, 0.3) is 0 Å². The van der Waals surface area contributed by atoms with E-state index in [-0.39, 0.29) is 11.9 Å². The number of aromatic nitrogens is 4. The van der Waals surface area contributed by atoms with E-state index in [1.54, 1.807) is 12.4 Å². The van der Waals surface area contributed by atoms with Crippen LogP contribution in [0, 0.1) is 12.7 Å². The third-order valence-electron chi connectivity index (χ3n) is 7.65. The van der Waals surface area contributed by atoms with Crippen LogP contribution in [-0.2, 0) is 6.54 Å². The number of piperidine rings is 1. The van der Waals surface area contributed by atoms with Crippen LogP contribution < -0.4 is 15.0 Å². The zero-order valence-electron chi connectivity index (χ0n) is 23.1. The quantitative estimate of drug-likeness (QED) is 0.420. The summed E-state index contributed by atoms with van der Waals surface area (Å²) in [6, 6.07) is 5.29. The lowest BCUT2D eigenvalue weighted by molar-refractivity contribution is 0.242. The third-order valence-corrected chi connectivity index (χ3v) is 7.65. The van der Waals surface area contributed by atoms with Crippen LogP contribution in [0.4, 0.5) is 16.0 Å². The highest BCUT2D eigenvalue weighted by Gasteiger charge is 2.29. The van der Waals surface area contributed by atoms with Gasteiger partial charge in [0.05, 0.1) is 11.8 Å². The van der Waals surface area contributed by atoms with Crippen molar-refractivity contribution in [3.63, 3.8) is 0 Å². The van der Waals surface area contributed by atoms with Gasteiger partial charge < -0.3 is 24.4 Å². The molecule has 0 amide bonds. The zero-order chi connectivity index (χ0) is 26.6. The number of ether oxygens (including phenoxy) is 1. The average Bonchev–Trinajstić information content (AvgIpc) is 3.59. The molecule has 0 atom stereocenters. The summed E-state index contributed by atoms with van der Waals surface area (Å²) in [5.74, 6) is 3.57. The normalized spacial score (nSPS) is 16.9. The maximum atomic E-state index is 13.9. The molecular formula is C29H40FN7O. The predicted molar refractivity (Wildman–Crippen MR) is 150 cm³/mol. The molecule has 0 saturated carbocycles. The monoisotopic (exact) mass is 521 g/mol. The lowest BCUT2D eigenvalue weighted by atomic mass is 9.95. The van der Waals surface area contributed by atoms with Crippen LogP contribution in [0.2, 0.25) is 0 Å². The van der Waals surface area contributed by atoms with Crippen molar-refractivity contribution in [1.82, 2.24) is 24.4 Å². The van der Waals surface area contributed by atoms with E-state index in [9.17, 15) is 4.39 Å². The molecular weight excluding hydrogens is 481 g/mol. The van der Waals surface area contributed by atoms with E-state index in [2.05, 4.69) is 35.8 Å². The fourth-order valence-electron chi connectivity index (χ4n) is 5.60. The molecule has 4 heterocycles. The van der Waals surface area contributed by atoms with Gasteiger partial charge in [0.1, 0.15) is 18.0 Å². The van der Waals surface area contributed by atoms with Gasteiger partial charge in [-0.1, -0.05) is 0 Å². The molecule has 2 fully saturated rings. The number of rotatable bonds is 9. The van der Waals surface area contributed by atoms with Gasteiger partial charge >= 0.3 is 0 Å². The summed E-state index contributed by atoms with van der Waals surface area (Å²) >= 11 is 0. The molecule has 1 aromatic carbocycles. The fraction of sp³-hybridized carbons (Fsp3) is 0.552. The second kappa shape index (κ2) is 11.7. The number of aryl methyl sites for hydroxylation is 1. The van der Waals surface area contributed by atoms with E-state index >= 15 is 0 Å². The second-order valence-corrected chi connectivity index (χ2v) is 10.7. The molecule has 0 spiro atoms. The molecule has 2 aliphatic heterocycles. The Kier molecular flexibility index (Phi) is 8.12. The number of halogens is 1. The Morgan fingerprint density at radius 2 is 1.84 bits per heavy atom. The van der Waals surface area contributed by atoms with Crippen molar-refractivity contribution in [3.05, 3.63) is 47.9 Å². The number of hydrogen-bond acceptors (Lipinski definition) is 7. The largest absolute Gasteiger partial charge is 0.484 e. The first-order valence-corrected chi connectivity index (χ1v) is 13.9. The van der Waals surface area contributed by atoms with Crippen molar-refractivity contribution in [1.29, 1.82) is 0 Å². The Morgan fingerprint density at radius 1 is 1.08 bits per heavy atom. The predicted octanol–water partition coefficient (Wildman–Crippen LogP) is 5.10. The SMILES string of the molecule is CNc1ncnc(N2CCC(c3nc(-c4ccc(F)c(C)c4)cn3CCN3CCCC3)CC2)c1OC(C)C. The first kappa shape index (κ1) is 26.4. The zero-order valence-corrected chi connectivity index (χ0v) is 23.1.